The molecule has 0 saturated carbocycles. The third kappa shape index (κ3) is 3.54. The Hall–Kier alpha value is -1.03. The lowest BCUT2D eigenvalue weighted by molar-refractivity contribution is 0.339. The number of ether oxygens (including phenoxy) is 1. The Kier molecular flexibility index (Phi) is 5.46. The van der Waals surface area contributed by atoms with Crippen LogP contribution in [-0.4, -0.2) is 13.7 Å². The van der Waals surface area contributed by atoms with Crippen molar-refractivity contribution in [3.8, 4) is 5.75 Å². The van der Waals surface area contributed by atoms with Gasteiger partial charge in [-0.05, 0) is 65.3 Å². The molecule has 2 rings (SSSR count). The summed E-state index contributed by atoms with van der Waals surface area (Å²) in [6.07, 6.45) is 0. The second kappa shape index (κ2) is 7.11. The van der Waals surface area contributed by atoms with Crippen molar-refractivity contribution in [3.63, 3.8) is 0 Å². The van der Waals surface area contributed by atoms with E-state index in [-0.39, 0.29) is 6.04 Å². The Labute approximate surface area is 133 Å². The van der Waals surface area contributed by atoms with E-state index in [0.29, 0.717) is 11.6 Å². The summed E-state index contributed by atoms with van der Waals surface area (Å²) in [7, 11) is 1.94. The molecule has 1 unspecified atom stereocenters. The fourth-order valence-electron chi connectivity index (χ4n) is 2.17. The highest BCUT2D eigenvalue weighted by Gasteiger charge is 2.13. The van der Waals surface area contributed by atoms with Crippen LogP contribution in [0.15, 0.2) is 46.9 Å². The standard InChI is InChI=1S/C16H17BrClNO/c1-3-20-13-6-4-5-11(9-13)16(19-2)12-7-8-14(17)15(18)10-12/h4-10,16,19H,3H2,1-2H3. The van der Waals surface area contributed by atoms with Crippen molar-refractivity contribution in [3.05, 3.63) is 63.1 Å². The number of rotatable bonds is 5. The minimum atomic E-state index is 0.0843. The second-order valence-electron chi connectivity index (χ2n) is 4.40. The Morgan fingerprint density at radius 1 is 1.20 bits per heavy atom. The molecule has 1 atom stereocenters. The van der Waals surface area contributed by atoms with E-state index < -0.39 is 0 Å². The third-order valence-electron chi connectivity index (χ3n) is 3.07. The first-order chi connectivity index (χ1) is 9.65. The van der Waals surface area contributed by atoms with Gasteiger partial charge in [-0.25, -0.2) is 0 Å². The molecular weight excluding hydrogens is 338 g/mol. The lowest BCUT2D eigenvalue weighted by Crippen LogP contribution is -2.17. The van der Waals surface area contributed by atoms with Gasteiger partial charge in [-0.15, -0.1) is 0 Å². The van der Waals surface area contributed by atoms with E-state index in [1.807, 2.05) is 38.2 Å². The molecule has 0 aliphatic rings. The predicted octanol–water partition coefficient (Wildman–Crippen LogP) is 4.81. The quantitative estimate of drug-likeness (QED) is 0.832. The van der Waals surface area contributed by atoms with Gasteiger partial charge in [-0.3, -0.25) is 0 Å². The van der Waals surface area contributed by atoms with Gasteiger partial charge in [0, 0.05) is 4.47 Å². The zero-order valence-electron chi connectivity index (χ0n) is 11.5. The summed E-state index contributed by atoms with van der Waals surface area (Å²) in [5.41, 5.74) is 2.27. The summed E-state index contributed by atoms with van der Waals surface area (Å²) in [6, 6.07) is 14.2. The zero-order valence-corrected chi connectivity index (χ0v) is 13.8. The molecule has 0 spiro atoms. The lowest BCUT2D eigenvalue weighted by atomic mass is 9.99. The molecule has 0 heterocycles. The molecule has 0 aromatic heterocycles. The molecule has 0 radical (unpaired) electrons. The number of hydrogen-bond donors (Lipinski definition) is 1. The number of nitrogens with one attached hydrogen (secondary N) is 1. The van der Waals surface area contributed by atoms with Crippen LogP contribution in [0.4, 0.5) is 0 Å². The Morgan fingerprint density at radius 2 is 1.95 bits per heavy atom. The van der Waals surface area contributed by atoms with Gasteiger partial charge in [0.15, 0.2) is 0 Å². The topological polar surface area (TPSA) is 21.3 Å². The third-order valence-corrected chi connectivity index (χ3v) is 4.30. The van der Waals surface area contributed by atoms with Crippen LogP contribution in [0.25, 0.3) is 0 Å². The fraction of sp³-hybridized carbons (Fsp3) is 0.250. The van der Waals surface area contributed by atoms with E-state index in [0.717, 1.165) is 21.3 Å². The van der Waals surface area contributed by atoms with Crippen LogP contribution in [0.5, 0.6) is 5.75 Å². The molecule has 2 nitrogen and oxygen atoms in total. The molecule has 2 aromatic carbocycles. The highest BCUT2D eigenvalue weighted by Crippen LogP contribution is 2.30. The van der Waals surface area contributed by atoms with Crippen LogP contribution < -0.4 is 10.1 Å². The maximum atomic E-state index is 6.18. The van der Waals surface area contributed by atoms with Crippen molar-refractivity contribution in [2.45, 2.75) is 13.0 Å². The zero-order chi connectivity index (χ0) is 14.5. The summed E-state index contributed by atoms with van der Waals surface area (Å²) in [5, 5.41) is 4.03. The average molecular weight is 355 g/mol. The summed E-state index contributed by atoms with van der Waals surface area (Å²) in [5.74, 6) is 0.883. The van der Waals surface area contributed by atoms with Gasteiger partial charge in [0.1, 0.15) is 5.75 Å². The monoisotopic (exact) mass is 353 g/mol. The molecule has 4 heteroatoms. The fourth-order valence-corrected chi connectivity index (χ4v) is 2.60. The van der Waals surface area contributed by atoms with Crippen molar-refractivity contribution >= 4 is 27.5 Å². The second-order valence-corrected chi connectivity index (χ2v) is 5.66. The van der Waals surface area contributed by atoms with E-state index >= 15 is 0 Å². The molecule has 106 valence electrons. The van der Waals surface area contributed by atoms with Crippen molar-refractivity contribution in [1.29, 1.82) is 0 Å². The van der Waals surface area contributed by atoms with Crippen LogP contribution in [0.1, 0.15) is 24.1 Å². The maximum Gasteiger partial charge on any atom is 0.119 e. The van der Waals surface area contributed by atoms with Gasteiger partial charge in [0.2, 0.25) is 0 Å². The maximum absolute atomic E-state index is 6.18. The van der Waals surface area contributed by atoms with Gasteiger partial charge in [0.25, 0.3) is 0 Å². The Balaban J connectivity index is 2.36. The van der Waals surface area contributed by atoms with Gasteiger partial charge < -0.3 is 10.1 Å². The van der Waals surface area contributed by atoms with E-state index in [4.69, 9.17) is 16.3 Å². The van der Waals surface area contributed by atoms with Gasteiger partial charge in [0.05, 0.1) is 17.7 Å². The number of benzene rings is 2. The molecule has 0 saturated heterocycles. The van der Waals surface area contributed by atoms with Crippen molar-refractivity contribution in [2.24, 2.45) is 0 Å². The molecule has 0 bridgehead atoms. The highest BCUT2D eigenvalue weighted by atomic mass is 79.9. The number of halogens is 2. The minimum absolute atomic E-state index is 0.0843. The summed E-state index contributed by atoms with van der Waals surface area (Å²) in [4.78, 5) is 0. The Morgan fingerprint density at radius 3 is 2.60 bits per heavy atom. The van der Waals surface area contributed by atoms with E-state index in [2.05, 4.69) is 39.4 Å². The highest BCUT2D eigenvalue weighted by molar-refractivity contribution is 9.10. The molecular formula is C16H17BrClNO. The van der Waals surface area contributed by atoms with Crippen molar-refractivity contribution < 1.29 is 4.74 Å². The normalized spacial score (nSPS) is 12.2. The molecule has 0 fully saturated rings. The largest absolute Gasteiger partial charge is 0.494 e. The van der Waals surface area contributed by atoms with Gasteiger partial charge >= 0.3 is 0 Å². The van der Waals surface area contributed by atoms with Crippen LogP contribution in [0, 0.1) is 0 Å². The van der Waals surface area contributed by atoms with Crippen LogP contribution in [-0.2, 0) is 0 Å². The van der Waals surface area contributed by atoms with Crippen molar-refractivity contribution in [1.82, 2.24) is 5.32 Å². The van der Waals surface area contributed by atoms with Crippen molar-refractivity contribution in [2.75, 3.05) is 13.7 Å². The van der Waals surface area contributed by atoms with Crippen LogP contribution in [0.2, 0.25) is 5.02 Å². The predicted molar refractivity (Wildman–Crippen MR) is 87.7 cm³/mol. The minimum Gasteiger partial charge on any atom is -0.494 e. The molecule has 0 aliphatic heterocycles. The molecule has 0 aliphatic carbocycles. The first-order valence-corrected chi connectivity index (χ1v) is 7.67. The lowest BCUT2D eigenvalue weighted by Gasteiger charge is -2.18. The first-order valence-electron chi connectivity index (χ1n) is 6.50. The first kappa shape index (κ1) is 15.4. The number of hydrogen-bond acceptors (Lipinski definition) is 2. The average Bonchev–Trinajstić information content (AvgIpc) is 2.44. The SMILES string of the molecule is CCOc1cccc(C(NC)c2ccc(Br)c(Cl)c2)c1. The van der Waals surface area contributed by atoms with Gasteiger partial charge in [-0.2, -0.15) is 0 Å². The molecule has 1 N–H and O–H groups in total. The smallest absolute Gasteiger partial charge is 0.119 e. The summed E-state index contributed by atoms with van der Waals surface area (Å²) in [6.45, 7) is 2.65. The van der Waals surface area contributed by atoms with Gasteiger partial charge in [-0.1, -0.05) is 29.8 Å². The Bertz CT molecular complexity index is 588. The van der Waals surface area contributed by atoms with Crippen LogP contribution >= 0.6 is 27.5 Å². The molecule has 0 amide bonds. The molecule has 2 aromatic rings. The van der Waals surface area contributed by atoms with E-state index in [1.165, 1.54) is 0 Å². The summed E-state index contributed by atoms with van der Waals surface area (Å²) >= 11 is 9.60. The molecule has 20 heavy (non-hydrogen) atoms. The van der Waals surface area contributed by atoms with E-state index in [9.17, 15) is 0 Å². The van der Waals surface area contributed by atoms with Crippen LogP contribution in [0.3, 0.4) is 0 Å². The summed E-state index contributed by atoms with van der Waals surface area (Å²) < 4.78 is 6.46. The van der Waals surface area contributed by atoms with E-state index in [1.54, 1.807) is 0 Å².